The van der Waals surface area contributed by atoms with Gasteiger partial charge in [0.15, 0.2) is 17.2 Å². The summed E-state index contributed by atoms with van der Waals surface area (Å²) in [6.45, 7) is 1.16. The summed E-state index contributed by atoms with van der Waals surface area (Å²) in [5, 5.41) is 18.5. The Morgan fingerprint density at radius 3 is 2.35 bits per heavy atom. The molecule has 1 aliphatic heterocycles. The number of esters is 2. The number of carbonyl (C=O) groups excluding carboxylic acids is 2. The normalized spacial score (nSPS) is 37.4. The Bertz CT molecular complexity index is 308. The number of aliphatic hydroxyl groups is 2. The van der Waals surface area contributed by atoms with Crippen LogP contribution in [0.5, 0.6) is 0 Å². The maximum absolute atomic E-state index is 11.3. The minimum atomic E-state index is -1.53. The van der Waals surface area contributed by atoms with Crippen LogP contribution in [0.1, 0.15) is 6.92 Å². The summed E-state index contributed by atoms with van der Waals surface area (Å²) in [5.74, 6) is -1.45. The molecule has 98 valence electrons. The zero-order valence-electron chi connectivity index (χ0n) is 9.20. The second kappa shape index (κ2) is 5.76. The third kappa shape index (κ3) is 3.15. The van der Waals surface area contributed by atoms with Crippen LogP contribution >= 0.6 is 15.9 Å². The third-order valence-corrected chi connectivity index (χ3v) is 3.00. The van der Waals surface area contributed by atoms with Crippen LogP contribution in [-0.2, 0) is 23.8 Å². The molecular formula is C9H13BrO7. The molecule has 1 aliphatic rings. The average Bonchev–Trinajstić information content (AvgIpc) is 2.28. The van der Waals surface area contributed by atoms with E-state index in [0.717, 1.165) is 14.0 Å². The first-order valence-corrected chi connectivity index (χ1v) is 5.70. The summed E-state index contributed by atoms with van der Waals surface area (Å²) < 4.78 is 14.3. The molecule has 17 heavy (non-hydrogen) atoms. The summed E-state index contributed by atoms with van der Waals surface area (Å²) in [7, 11) is 1.13. The van der Waals surface area contributed by atoms with Crippen molar-refractivity contribution >= 4 is 27.9 Å². The Kier molecular flexibility index (Phi) is 4.87. The van der Waals surface area contributed by atoms with Crippen molar-refractivity contribution in [1.29, 1.82) is 0 Å². The van der Waals surface area contributed by atoms with Crippen molar-refractivity contribution in [2.24, 2.45) is 0 Å². The molecule has 1 heterocycles. The molecule has 1 rings (SSSR count). The number of carbonyl (C=O) groups is 2. The van der Waals surface area contributed by atoms with Crippen molar-refractivity contribution in [3.8, 4) is 0 Å². The summed E-state index contributed by atoms with van der Waals surface area (Å²) >= 11 is 3.01. The quantitative estimate of drug-likeness (QED) is 0.494. The van der Waals surface area contributed by atoms with Crippen LogP contribution in [0.15, 0.2) is 0 Å². The van der Waals surface area contributed by atoms with Gasteiger partial charge in [-0.15, -0.1) is 0 Å². The fraction of sp³-hybridized carbons (Fsp3) is 0.778. The van der Waals surface area contributed by atoms with Crippen molar-refractivity contribution in [2.75, 3.05) is 7.11 Å². The SMILES string of the molecule is COC(=O)C1OC(Br)C(OC(C)=O)C(O)C1O. The first-order valence-electron chi connectivity index (χ1n) is 4.79. The topological polar surface area (TPSA) is 102 Å². The van der Waals surface area contributed by atoms with Crippen LogP contribution in [0, 0.1) is 0 Å². The first kappa shape index (κ1) is 14.4. The predicted octanol–water partition coefficient (Wildman–Crippen LogP) is -1.07. The van der Waals surface area contributed by atoms with E-state index in [-0.39, 0.29) is 0 Å². The fourth-order valence-corrected chi connectivity index (χ4v) is 2.11. The number of ether oxygens (including phenoxy) is 3. The molecule has 0 aliphatic carbocycles. The molecular weight excluding hydrogens is 300 g/mol. The molecule has 2 N–H and O–H groups in total. The number of methoxy groups -OCH3 is 1. The minimum Gasteiger partial charge on any atom is -0.467 e. The van der Waals surface area contributed by atoms with Gasteiger partial charge < -0.3 is 24.4 Å². The number of alkyl halides is 1. The second-order valence-electron chi connectivity index (χ2n) is 3.49. The molecule has 0 radical (unpaired) electrons. The van der Waals surface area contributed by atoms with Gasteiger partial charge in [-0.1, -0.05) is 15.9 Å². The number of rotatable bonds is 2. The standard InChI is InChI=1S/C9H13BrO7/c1-3(11)16-6-4(12)5(13)7(9(14)15-2)17-8(6)10/h4-8,12-13H,1-2H3. The maximum Gasteiger partial charge on any atom is 0.337 e. The van der Waals surface area contributed by atoms with Crippen LogP contribution in [0.25, 0.3) is 0 Å². The Morgan fingerprint density at radius 2 is 1.88 bits per heavy atom. The zero-order chi connectivity index (χ0) is 13.2. The molecule has 8 heteroatoms. The lowest BCUT2D eigenvalue weighted by Crippen LogP contribution is -2.59. The van der Waals surface area contributed by atoms with E-state index in [9.17, 15) is 19.8 Å². The highest BCUT2D eigenvalue weighted by molar-refractivity contribution is 9.09. The van der Waals surface area contributed by atoms with Crippen LogP contribution in [0.3, 0.4) is 0 Å². The van der Waals surface area contributed by atoms with Crippen LogP contribution < -0.4 is 0 Å². The van der Waals surface area contributed by atoms with Crippen LogP contribution in [0.2, 0.25) is 0 Å². The molecule has 0 bridgehead atoms. The number of halogens is 1. The molecule has 0 aromatic rings. The van der Waals surface area contributed by atoms with Crippen LogP contribution in [-0.4, -0.2) is 58.7 Å². The molecule has 1 fully saturated rings. The largest absolute Gasteiger partial charge is 0.467 e. The van der Waals surface area contributed by atoms with Crippen molar-refractivity contribution < 1.29 is 34.0 Å². The lowest BCUT2D eigenvalue weighted by molar-refractivity contribution is -0.218. The van der Waals surface area contributed by atoms with Gasteiger partial charge in [-0.3, -0.25) is 4.79 Å². The molecule has 0 aromatic carbocycles. The van der Waals surface area contributed by atoms with E-state index >= 15 is 0 Å². The van der Waals surface area contributed by atoms with E-state index in [2.05, 4.69) is 20.7 Å². The Labute approximate surface area is 106 Å². The van der Waals surface area contributed by atoms with Gasteiger partial charge in [0.25, 0.3) is 0 Å². The summed E-state index contributed by atoms with van der Waals surface area (Å²) in [5.41, 5.74) is 0. The van der Waals surface area contributed by atoms with Gasteiger partial charge in [-0.05, 0) is 0 Å². The first-order chi connectivity index (χ1) is 7.88. The van der Waals surface area contributed by atoms with Gasteiger partial charge in [0.1, 0.15) is 12.2 Å². The molecule has 5 unspecified atom stereocenters. The Balaban J connectivity index is 2.79. The van der Waals surface area contributed by atoms with E-state index in [0.29, 0.717) is 0 Å². The smallest absolute Gasteiger partial charge is 0.337 e. The summed E-state index contributed by atoms with van der Waals surface area (Å²) in [6, 6.07) is 0. The van der Waals surface area contributed by atoms with Crippen LogP contribution in [0.4, 0.5) is 0 Å². The Hall–Kier alpha value is -0.700. The molecule has 0 aromatic heterocycles. The van der Waals surface area contributed by atoms with Crippen molar-refractivity contribution in [3.05, 3.63) is 0 Å². The second-order valence-corrected chi connectivity index (χ2v) is 4.39. The van der Waals surface area contributed by atoms with Gasteiger partial charge in [-0.25, -0.2) is 4.79 Å². The predicted molar refractivity (Wildman–Crippen MR) is 57.2 cm³/mol. The zero-order valence-corrected chi connectivity index (χ0v) is 10.8. The monoisotopic (exact) mass is 312 g/mol. The van der Waals surface area contributed by atoms with Gasteiger partial charge in [0.2, 0.25) is 0 Å². The lowest BCUT2D eigenvalue weighted by atomic mass is 10.00. The highest BCUT2D eigenvalue weighted by Gasteiger charge is 2.48. The third-order valence-electron chi connectivity index (χ3n) is 2.27. The van der Waals surface area contributed by atoms with E-state index < -0.39 is 41.4 Å². The summed E-state index contributed by atoms with van der Waals surface area (Å²) in [6.07, 6.45) is -5.39. The highest BCUT2D eigenvalue weighted by Crippen LogP contribution is 2.27. The molecule has 0 spiro atoms. The van der Waals surface area contributed by atoms with Gasteiger partial charge in [0, 0.05) is 6.92 Å². The summed E-state index contributed by atoms with van der Waals surface area (Å²) in [4.78, 5) is 22.0. The Morgan fingerprint density at radius 1 is 1.29 bits per heavy atom. The molecule has 5 atom stereocenters. The highest BCUT2D eigenvalue weighted by atomic mass is 79.9. The fourth-order valence-electron chi connectivity index (χ4n) is 1.45. The van der Waals surface area contributed by atoms with Gasteiger partial charge >= 0.3 is 11.9 Å². The van der Waals surface area contributed by atoms with Crippen molar-refractivity contribution in [3.63, 3.8) is 0 Å². The number of hydrogen-bond acceptors (Lipinski definition) is 7. The van der Waals surface area contributed by atoms with Crippen molar-refractivity contribution in [1.82, 2.24) is 0 Å². The maximum atomic E-state index is 11.3. The minimum absolute atomic E-state index is 0.634. The molecule has 7 nitrogen and oxygen atoms in total. The van der Waals surface area contributed by atoms with E-state index in [4.69, 9.17) is 9.47 Å². The van der Waals surface area contributed by atoms with E-state index in [1.807, 2.05) is 0 Å². The number of aliphatic hydroxyl groups excluding tert-OH is 2. The average molecular weight is 313 g/mol. The number of hydrogen-bond donors (Lipinski definition) is 2. The van der Waals surface area contributed by atoms with E-state index in [1.54, 1.807) is 0 Å². The molecule has 1 saturated heterocycles. The van der Waals surface area contributed by atoms with Gasteiger partial charge in [-0.2, -0.15) is 0 Å². The molecule has 0 saturated carbocycles. The lowest BCUT2D eigenvalue weighted by Gasteiger charge is -2.38. The van der Waals surface area contributed by atoms with Gasteiger partial charge in [0.05, 0.1) is 7.11 Å². The molecule has 0 amide bonds. The van der Waals surface area contributed by atoms with E-state index in [1.165, 1.54) is 0 Å². The van der Waals surface area contributed by atoms with Crippen molar-refractivity contribution in [2.45, 2.75) is 36.4 Å².